The molecule has 0 radical (unpaired) electrons. The minimum atomic E-state index is -0.262. The monoisotopic (exact) mass is 387 g/mol. The molecule has 1 saturated heterocycles. The maximum absolute atomic E-state index is 13.2. The van der Waals surface area contributed by atoms with Gasteiger partial charge < -0.3 is 15.6 Å². The summed E-state index contributed by atoms with van der Waals surface area (Å²) >= 11 is 0. The normalized spacial score (nSPS) is 17.9. The molecule has 0 spiro atoms. The molecule has 1 fully saturated rings. The summed E-state index contributed by atoms with van der Waals surface area (Å²) in [5.74, 6) is -0.262. The van der Waals surface area contributed by atoms with Crippen molar-refractivity contribution in [2.75, 3.05) is 16.8 Å². The predicted octanol–water partition coefficient (Wildman–Crippen LogP) is 6.54. The van der Waals surface area contributed by atoms with Crippen LogP contribution < -0.4 is 10.2 Å². The maximum atomic E-state index is 13.2. The highest BCUT2D eigenvalue weighted by atomic mass is 19.1. The first-order chi connectivity index (χ1) is 13.9. The third kappa shape index (κ3) is 4.16. The summed E-state index contributed by atoms with van der Waals surface area (Å²) in [6.07, 6.45) is 2.46. The molecule has 148 valence electrons. The van der Waals surface area contributed by atoms with Crippen LogP contribution in [0.4, 0.5) is 21.5 Å². The van der Waals surface area contributed by atoms with Gasteiger partial charge in [-0.3, -0.25) is 0 Å². The van der Waals surface area contributed by atoms with E-state index >= 15 is 0 Å². The SMILES string of the molecule is CC1(C)C[C@@H](c2ccccc2)N(c2ccc(Nc3ccc(F)cc3)c(C=N)c2)C1. The van der Waals surface area contributed by atoms with Crippen LogP contribution in [0.2, 0.25) is 0 Å². The van der Waals surface area contributed by atoms with Gasteiger partial charge in [0, 0.05) is 35.4 Å². The van der Waals surface area contributed by atoms with Crippen LogP contribution in [0.15, 0.2) is 72.8 Å². The molecule has 0 aliphatic carbocycles. The Morgan fingerprint density at radius 3 is 2.45 bits per heavy atom. The van der Waals surface area contributed by atoms with Crippen LogP contribution in [0.25, 0.3) is 0 Å². The molecule has 1 aliphatic heterocycles. The highest BCUT2D eigenvalue weighted by molar-refractivity contribution is 5.89. The smallest absolute Gasteiger partial charge is 0.123 e. The van der Waals surface area contributed by atoms with Crippen molar-refractivity contribution in [3.63, 3.8) is 0 Å². The summed E-state index contributed by atoms with van der Waals surface area (Å²) < 4.78 is 13.2. The zero-order chi connectivity index (χ0) is 20.4. The van der Waals surface area contributed by atoms with Crippen molar-refractivity contribution >= 4 is 23.3 Å². The Morgan fingerprint density at radius 2 is 1.76 bits per heavy atom. The lowest BCUT2D eigenvalue weighted by molar-refractivity contribution is 0.404. The summed E-state index contributed by atoms with van der Waals surface area (Å²) in [5, 5.41) is 11.2. The summed E-state index contributed by atoms with van der Waals surface area (Å²) in [4.78, 5) is 2.45. The second kappa shape index (κ2) is 7.70. The molecule has 0 aromatic heterocycles. The maximum Gasteiger partial charge on any atom is 0.123 e. The molecule has 1 atom stereocenters. The number of halogens is 1. The fraction of sp³-hybridized carbons (Fsp3) is 0.240. The summed E-state index contributed by atoms with van der Waals surface area (Å²) in [5.41, 5.74) is 5.10. The van der Waals surface area contributed by atoms with E-state index in [0.717, 1.165) is 35.6 Å². The van der Waals surface area contributed by atoms with Gasteiger partial charge in [0.05, 0.1) is 6.04 Å². The Labute approximate surface area is 171 Å². The molecule has 3 nitrogen and oxygen atoms in total. The van der Waals surface area contributed by atoms with Crippen LogP contribution in [0.3, 0.4) is 0 Å². The fourth-order valence-electron chi connectivity index (χ4n) is 4.16. The first kappa shape index (κ1) is 19.2. The van der Waals surface area contributed by atoms with Gasteiger partial charge in [-0.25, -0.2) is 4.39 Å². The topological polar surface area (TPSA) is 39.1 Å². The van der Waals surface area contributed by atoms with Gasteiger partial charge in [0.2, 0.25) is 0 Å². The molecule has 0 unspecified atom stereocenters. The average Bonchev–Trinajstić information content (AvgIpc) is 3.06. The van der Waals surface area contributed by atoms with Crippen LogP contribution in [0, 0.1) is 16.6 Å². The van der Waals surface area contributed by atoms with Crippen LogP contribution in [-0.4, -0.2) is 12.8 Å². The van der Waals surface area contributed by atoms with Crippen molar-refractivity contribution in [2.24, 2.45) is 5.41 Å². The molecular formula is C25H26FN3. The highest BCUT2D eigenvalue weighted by Gasteiger charge is 2.38. The van der Waals surface area contributed by atoms with Gasteiger partial charge in [-0.15, -0.1) is 0 Å². The molecule has 3 aromatic carbocycles. The number of anilines is 3. The average molecular weight is 388 g/mol. The van der Waals surface area contributed by atoms with Gasteiger partial charge in [-0.05, 0) is 59.9 Å². The van der Waals surface area contributed by atoms with Gasteiger partial charge in [0.15, 0.2) is 0 Å². The predicted molar refractivity (Wildman–Crippen MR) is 119 cm³/mol. The van der Waals surface area contributed by atoms with Crippen LogP contribution >= 0.6 is 0 Å². The number of hydrogen-bond donors (Lipinski definition) is 2. The summed E-state index contributed by atoms with van der Waals surface area (Å²) in [6, 6.07) is 23.4. The molecule has 0 saturated carbocycles. The van der Waals surface area contributed by atoms with Gasteiger partial charge in [-0.1, -0.05) is 44.2 Å². The Bertz CT molecular complexity index is 996. The molecule has 0 bridgehead atoms. The van der Waals surface area contributed by atoms with E-state index in [1.165, 1.54) is 23.9 Å². The molecule has 4 heteroatoms. The number of rotatable bonds is 5. The minimum absolute atomic E-state index is 0.219. The standard InChI is InChI=1S/C25H26FN3/c1-25(2)15-24(18-6-4-3-5-7-18)29(17-25)22-12-13-23(19(14-22)16-27)28-21-10-8-20(26)9-11-21/h3-14,16,24,27-28H,15,17H2,1-2H3/t24-/m0/s1. The van der Waals surface area contributed by atoms with Crippen LogP contribution in [0.5, 0.6) is 0 Å². The van der Waals surface area contributed by atoms with Gasteiger partial charge in [0.25, 0.3) is 0 Å². The van der Waals surface area contributed by atoms with E-state index in [1.807, 2.05) is 6.07 Å². The van der Waals surface area contributed by atoms with E-state index in [-0.39, 0.29) is 11.2 Å². The molecule has 4 rings (SSSR count). The molecular weight excluding hydrogens is 361 g/mol. The van der Waals surface area contributed by atoms with E-state index in [0.29, 0.717) is 6.04 Å². The van der Waals surface area contributed by atoms with Gasteiger partial charge in [0.1, 0.15) is 5.82 Å². The minimum Gasteiger partial charge on any atom is -0.364 e. The Hall–Kier alpha value is -3.14. The first-order valence-corrected chi connectivity index (χ1v) is 9.94. The lowest BCUT2D eigenvalue weighted by atomic mass is 9.89. The van der Waals surface area contributed by atoms with Crippen molar-refractivity contribution in [1.82, 2.24) is 0 Å². The Kier molecular flexibility index (Phi) is 5.10. The van der Waals surface area contributed by atoms with Crippen molar-refractivity contribution < 1.29 is 4.39 Å². The zero-order valence-electron chi connectivity index (χ0n) is 16.8. The fourth-order valence-corrected chi connectivity index (χ4v) is 4.16. The molecule has 2 N–H and O–H groups in total. The van der Waals surface area contributed by atoms with Crippen molar-refractivity contribution in [3.8, 4) is 0 Å². The van der Waals surface area contributed by atoms with Crippen molar-refractivity contribution in [1.29, 1.82) is 5.41 Å². The number of benzene rings is 3. The van der Waals surface area contributed by atoms with Crippen LogP contribution in [0.1, 0.15) is 37.4 Å². The quantitative estimate of drug-likeness (QED) is 0.488. The van der Waals surface area contributed by atoms with E-state index in [2.05, 4.69) is 66.5 Å². The largest absolute Gasteiger partial charge is 0.364 e. The second-order valence-corrected chi connectivity index (χ2v) is 8.47. The van der Waals surface area contributed by atoms with E-state index in [1.54, 1.807) is 12.1 Å². The lowest BCUT2D eigenvalue weighted by Gasteiger charge is -2.28. The van der Waals surface area contributed by atoms with Crippen molar-refractivity contribution in [2.45, 2.75) is 26.3 Å². The second-order valence-electron chi connectivity index (χ2n) is 8.47. The molecule has 0 amide bonds. The van der Waals surface area contributed by atoms with E-state index < -0.39 is 0 Å². The first-order valence-electron chi connectivity index (χ1n) is 9.94. The summed E-state index contributed by atoms with van der Waals surface area (Å²) in [7, 11) is 0. The number of nitrogens with one attached hydrogen (secondary N) is 2. The molecule has 1 aliphatic rings. The Balaban J connectivity index is 1.65. The van der Waals surface area contributed by atoms with Crippen LogP contribution in [-0.2, 0) is 0 Å². The van der Waals surface area contributed by atoms with Gasteiger partial charge >= 0.3 is 0 Å². The number of nitrogens with zero attached hydrogens (tertiary/aromatic N) is 1. The van der Waals surface area contributed by atoms with Crippen molar-refractivity contribution in [3.05, 3.63) is 89.7 Å². The zero-order valence-corrected chi connectivity index (χ0v) is 16.8. The third-order valence-corrected chi connectivity index (χ3v) is 5.55. The Morgan fingerprint density at radius 1 is 1.03 bits per heavy atom. The molecule has 29 heavy (non-hydrogen) atoms. The molecule has 1 heterocycles. The van der Waals surface area contributed by atoms with E-state index in [9.17, 15) is 4.39 Å². The van der Waals surface area contributed by atoms with E-state index in [4.69, 9.17) is 5.41 Å². The summed E-state index contributed by atoms with van der Waals surface area (Å²) in [6.45, 7) is 5.59. The number of hydrogen-bond acceptors (Lipinski definition) is 3. The lowest BCUT2D eigenvalue weighted by Crippen LogP contribution is -2.25. The third-order valence-electron chi connectivity index (χ3n) is 5.55. The molecule has 3 aromatic rings. The van der Waals surface area contributed by atoms with Gasteiger partial charge in [-0.2, -0.15) is 0 Å². The highest BCUT2D eigenvalue weighted by Crippen LogP contribution is 2.45.